The number of imidazole rings is 1. The smallest absolute Gasteiger partial charge is 0.410 e. The third-order valence-electron chi connectivity index (χ3n) is 6.36. The van der Waals surface area contributed by atoms with Crippen molar-refractivity contribution in [1.82, 2.24) is 20.2 Å². The number of hydrogen-bond acceptors (Lipinski definition) is 5. The van der Waals surface area contributed by atoms with Gasteiger partial charge < -0.3 is 24.7 Å². The number of fused-ring (bicyclic) bond motifs is 1. The molecule has 1 aliphatic carbocycles. The third kappa shape index (κ3) is 5.31. The van der Waals surface area contributed by atoms with Crippen molar-refractivity contribution in [2.24, 2.45) is 0 Å². The molecule has 2 fully saturated rings. The summed E-state index contributed by atoms with van der Waals surface area (Å²) in [6, 6.07) is 9.42. The molecule has 1 unspecified atom stereocenters. The van der Waals surface area contributed by atoms with Crippen LogP contribution in [-0.4, -0.2) is 58.2 Å². The summed E-state index contributed by atoms with van der Waals surface area (Å²) in [5.74, 6) is -0.263. The summed E-state index contributed by atoms with van der Waals surface area (Å²) in [5, 5.41) is 3.62. The lowest BCUT2D eigenvalue weighted by Gasteiger charge is -2.33. The van der Waals surface area contributed by atoms with Crippen molar-refractivity contribution in [2.45, 2.75) is 43.9 Å². The highest BCUT2D eigenvalue weighted by Gasteiger charge is 2.38. The van der Waals surface area contributed by atoms with Crippen molar-refractivity contribution in [1.29, 1.82) is 0 Å². The fourth-order valence-corrected chi connectivity index (χ4v) is 4.85. The molecule has 1 saturated carbocycles. The van der Waals surface area contributed by atoms with Crippen LogP contribution in [0.1, 0.15) is 36.3 Å². The van der Waals surface area contributed by atoms with Crippen molar-refractivity contribution in [3.63, 3.8) is 0 Å². The second-order valence-corrected chi connectivity index (χ2v) is 9.61. The van der Waals surface area contributed by atoms with Gasteiger partial charge in [-0.3, -0.25) is 4.79 Å². The number of H-pyrrole nitrogens is 1. The van der Waals surface area contributed by atoms with Crippen LogP contribution in [0.5, 0.6) is 5.75 Å². The number of amides is 2. The van der Waals surface area contributed by atoms with Crippen LogP contribution < -0.4 is 10.1 Å². The van der Waals surface area contributed by atoms with E-state index in [4.69, 9.17) is 32.7 Å². The van der Waals surface area contributed by atoms with Crippen LogP contribution in [0.25, 0.3) is 11.0 Å². The Balaban J connectivity index is 1.10. The Hall–Kier alpha value is -3.04. The van der Waals surface area contributed by atoms with Gasteiger partial charge in [0, 0.05) is 23.2 Å². The molecular weight excluding hydrogens is 498 g/mol. The second kappa shape index (κ2) is 9.91. The lowest BCUT2D eigenvalue weighted by Crippen LogP contribution is -2.44. The first kappa shape index (κ1) is 23.7. The molecule has 1 atom stereocenters. The minimum atomic E-state index is -0.567. The Kier molecular flexibility index (Phi) is 6.71. The molecule has 5 rings (SSSR count). The van der Waals surface area contributed by atoms with E-state index in [1.807, 2.05) is 0 Å². The van der Waals surface area contributed by atoms with Crippen molar-refractivity contribution < 1.29 is 23.5 Å². The number of benzene rings is 2. The number of cyclic esters (lactones) is 1. The van der Waals surface area contributed by atoms with Gasteiger partial charge in [0.2, 0.25) is 0 Å². The number of nitrogens with zero attached hydrogens (tertiary/aromatic N) is 2. The molecule has 2 aromatic carbocycles. The van der Waals surface area contributed by atoms with Gasteiger partial charge in [-0.1, -0.05) is 23.2 Å². The molecular formula is C24H23Cl2FN4O4. The molecule has 0 spiro atoms. The minimum Gasteiger partial charge on any atom is -0.490 e. The van der Waals surface area contributed by atoms with Gasteiger partial charge in [-0.05, 0) is 56.0 Å². The predicted octanol–water partition coefficient (Wildman–Crippen LogP) is 4.95. The van der Waals surface area contributed by atoms with Crippen LogP contribution in [0.3, 0.4) is 0 Å². The molecule has 8 nitrogen and oxygen atoms in total. The number of aromatic nitrogens is 2. The molecule has 1 aromatic heterocycles. The summed E-state index contributed by atoms with van der Waals surface area (Å²) in [4.78, 5) is 34.1. The molecule has 2 amide bonds. The highest BCUT2D eigenvalue weighted by Crippen LogP contribution is 2.28. The molecule has 35 heavy (non-hydrogen) atoms. The van der Waals surface area contributed by atoms with Crippen molar-refractivity contribution in [3.8, 4) is 5.75 Å². The lowest BCUT2D eigenvalue weighted by atomic mass is 9.90. The van der Waals surface area contributed by atoms with Crippen molar-refractivity contribution in [2.75, 3.05) is 13.2 Å². The summed E-state index contributed by atoms with van der Waals surface area (Å²) < 4.78 is 24.6. The SMILES string of the molecule is O=C(NC1CCC(N2CC(COc3ccc(Cl)c(F)c3)OC2=O)CC1)c1nc2ccc(Cl)cc2[nH]1. The zero-order chi connectivity index (χ0) is 24.5. The molecule has 2 heterocycles. The van der Waals surface area contributed by atoms with E-state index in [0.29, 0.717) is 28.4 Å². The van der Waals surface area contributed by atoms with E-state index in [1.54, 1.807) is 29.2 Å². The molecule has 3 aromatic rings. The maximum absolute atomic E-state index is 13.6. The van der Waals surface area contributed by atoms with Crippen LogP contribution in [0.2, 0.25) is 10.0 Å². The molecule has 0 radical (unpaired) electrons. The van der Waals surface area contributed by atoms with Crippen LogP contribution in [0.4, 0.5) is 9.18 Å². The van der Waals surface area contributed by atoms with Crippen molar-refractivity contribution in [3.05, 3.63) is 58.1 Å². The van der Waals surface area contributed by atoms with Gasteiger partial charge in [-0.2, -0.15) is 0 Å². The number of carbonyl (C=O) groups excluding carboxylic acids is 2. The van der Waals surface area contributed by atoms with E-state index < -0.39 is 11.9 Å². The average Bonchev–Trinajstić information content (AvgIpc) is 3.43. The Morgan fingerprint density at radius 1 is 1.20 bits per heavy atom. The van der Waals surface area contributed by atoms with E-state index in [2.05, 4.69) is 15.3 Å². The Morgan fingerprint density at radius 2 is 2.00 bits per heavy atom. The van der Waals surface area contributed by atoms with E-state index in [-0.39, 0.29) is 41.5 Å². The summed E-state index contributed by atoms with van der Waals surface area (Å²) in [6.45, 7) is 0.523. The normalized spacial score (nSPS) is 22.3. The van der Waals surface area contributed by atoms with Crippen LogP contribution >= 0.6 is 23.2 Å². The largest absolute Gasteiger partial charge is 0.490 e. The highest BCUT2D eigenvalue weighted by atomic mass is 35.5. The molecule has 184 valence electrons. The van der Waals surface area contributed by atoms with E-state index in [9.17, 15) is 14.0 Å². The number of ether oxygens (including phenoxy) is 2. The first-order valence-corrected chi connectivity index (χ1v) is 12.1. The molecule has 0 bridgehead atoms. The number of carbonyl (C=O) groups is 2. The number of aromatic amines is 1. The maximum Gasteiger partial charge on any atom is 0.410 e. The second-order valence-electron chi connectivity index (χ2n) is 8.77. The Bertz CT molecular complexity index is 1260. The standard InChI is InChI=1S/C24H23Cl2FN4O4/c25-13-1-8-20-21(9-13)30-22(29-20)23(32)28-14-2-4-15(5-3-14)31-11-17(35-24(31)33)12-34-16-6-7-18(26)19(27)10-16/h1,6-10,14-15,17H,2-5,11-12H2,(H,28,32)(H,29,30). The van der Waals surface area contributed by atoms with Crippen molar-refractivity contribution >= 4 is 46.2 Å². The van der Waals surface area contributed by atoms with Gasteiger partial charge in [0.15, 0.2) is 11.9 Å². The monoisotopic (exact) mass is 520 g/mol. The summed E-state index contributed by atoms with van der Waals surface area (Å²) in [5.41, 5.74) is 1.38. The van der Waals surface area contributed by atoms with Gasteiger partial charge in [0.25, 0.3) is 5.91 Å². The summed E-state index contributed by atoms with van der Waals surface area (Å²) in [7, 11) is 0. The zero-order valence-electron chi connectivity index (χ0n) is 18.6. The average molecular weight is 521 g/mol. The first-order chi connectivity index (χ1) is 16.9. The topological polar surface area (TPSA) is 96.6 Å². The van der Waals surface area contributed by atoms with Gasteiger partial charge in [0.1, 0.15) is 18.2 Å². The molecule has 1 aliphatic heterocycles. The highest BCUT2D eigenvalue weighted by molar-refractivity contribution is 6.31. The number of rotatable bonds is 6. The van der Waals surface area contributed by atoms with Crippen LogP contribution in [0, 0.1) is 5.82 Å². The fraction of sp³-hybridized carbons (Fsp3) is 0.375. The Morgan fingerprint density at radius 3 is 2.77 bits per heavy atom. The van der Waals surface area contributed by atoms with Gasteiger partial charge in [-0.25, -0.2) is 14.2 Å². The molecule has 2 aliphatic rings. The third-order valence-corrected chi connectivity index (χ3v) is 6.90. The predicted molar refractivity (Wildman–Crippen MR) is 128 cm³/mol. The minimum absolute atomic E-state index is 0.00638. The van der Waals surface area contributed by atoms with E-state index >= 15 is 0 Å². The molecule has 1 saturated heterocycles. The van der Waals surface area contributed by atoms with Gasteiger partial charge in [0.05, 0.1) is 22.6 Å². The van der Waals surface area contributed by atoms with E-state index in [1.165, 1.54) is 12.1 Å². The summed E-state index contributed by atoms with van der Waals surface area (Å²) in [6.07, 6.45) is 2.13. The first-order valence-electron chi connectivity index (χ1n) is 11.4. The number of halogens is 3. The maximum atomic E-state index is 13.6. The van der Waals surface area contributed by atoms with Crippen LogP contribution in [-0.2, 0) is 4.74 Å². The van der Waals surface area contributed by atoms with E-state index in [0.717, 1.165) is 25.7 Å². The lowest BCUT2D eigenvalue weighted by molar-refractivity contribution is 0.0896. The molecule has 2 N–H and O–H groups in total. The van der Waals surface area contributed by atoms with Gasteiger partial charge in [-0.15, -0.1) is 0 Å². The Labute approximate surface area is 210 Å². The zero-order valence-corrected chi connectivity index (χ0v) is 20.1. The molecule has 11 heteroatoms. The number of hydrogen-bond donors (Lipinski definition) is 2. The quantitative estimate of drug-likeness (QED) is 0.479. The fourth-order valence-electron chi connectivity index (χ4n) is 4.56. The van der Waals surface area contributed by atoms with Gasteiger partial charge >= 0.3 is 6.09 Å². The van der Waals surface area contributed by atoms with Crippen LogP contribution in [0.15, 0.2) is 36.4 Å². The summed E-state index contributed by atoms with van der Waals surface area (Å²) >= 11 is 11.7. The number of nitrogens with one attached hydrogen (secondary N) is 2.